The van der Waals surface area contributed by atoms with Gasteiger partial charge in [-0.1, -0.05) is 23.7 Å². The van der Waals surface area contributed by atoms with Gasteiger partial charge in [-0.2, -0.15) is 0 Å². The molecule has 1 fully saturated rings. The van der Waals surface area contributed by atoms with Gasteiger partial charge in [0.2, 0.25) is 5.43 Å². The van der Waals surface area contributed by atoms with Crippen molar-refractivity contribution >= 4 is 23.4 Å². The number of halogens is 2. The number of H-pyrrole nitrogens is 1. The maximum absolute atomic E-state index is 14.0. The molecular weight excluding hydrogens is 441 g/mol. The summed E-state index contributed by atoms with van der Waals surface area (Å²) >= 11 is 5.71. The summed E-state index contributed by atoms with van der Waals surface area (Å²) in [5.41, 5.74) is -1.54. The summed E-state index contributed by atoms with van der Waals surface area (Å²) < 4.78 is 19.1. The van der Waals surface area contributed by atoms with Crippen molar-refractivity contribution in [3.05, 3.63) is 62.3 Å². The van der Waals surface area contributed by atoms with Crippen LogP contribution in [0.1, 0.15) is 39.3 Å². The van der Waals surface area contributed by atoms with E-state index in [1.54, 1.807) is 14.2 Å². The van der Waals surface area contributed by atoms with Crippen molar-refractivity contribution in [2.24, 2.45) is 11.8 Å². The van der Waals surface area contributed by atoms with Crippen LogP contribution in [0.3, 0.4) is 0 Å². The second-order valence-electron chi connectivity index (χ2n) is 8.00. The molecule has 0 saturated heterocycles. The van der Waals surface area contributed by atoms with Gasteiger partial charge in [-0.15, -0.1) is 0 Å². The molecule has 2 aromatic rings. The number of aromatic hydroxyl groups is 1. The van der Waals surface area contributed by atoms with Crippen molar-refractivity contribution in [2.45, 2.75) is 19.4 Å². The number of methoxy groups -OCH3 is 1. The Kier molecular flexibility index (Phi) is 7.52. The Morgan fingerprint density at radius 1 is 1.34 bits per heavy atom. The van der Waals surface area contributed by atoms with Crippen LogP contribution in [-0.4, -0.2) is 54.1 Å². The molecule has 0 atom stereocenters. The number of hydrogen-bond donors (Lipinski definition) is 3. The highest BCUT2D eigenvalue weighted by molar-refractivity contribution is 6.30. The first-order chi connectivity index (χ1) is 15.2. The predicted octanol–water partition coefficient (Wildman–Crippen LogP) is 2.55. The molecule has 0 bridgehead atoms. The lowest BCUT2D eigenvalue weighted by Gasteiger charge is -2.37. The Balaban J connectivity index is 1.65. The predicted molar refractivity (Wildman–Crippen MR) is 116 cm³/mol. The van der Waals surface area contributed by atoms with Crippen LogP contribution in [0.4, 0.5) is 4.39 Å². The number of benzene rings is 1. The number of rotatable bonds is 8. The van der Waals surface area contributed by atoms with Gasteiger partial charge in [-0.05, 0) is 30.7 Å². The number of amides is 2. The summed E-state index contributed by atoms with van der Waals surface area (Å²) in [7, 11) is 3.24. The highest BCUT2D eigenvalue weighted by atomic mass is 35.5. The van der Waals surface area contributed by atoms with Gasteiger partial charge >= 0.3 is 0 Å². The van der Waals surface area contributed by atoms with Crippen molar-refractivity contribution in [2.75, 3.05) is 27.3 Å². The van der Waals surface area contributed by atoms with Crippen molar-refractivity contribution in [3.63, 3.8) is 0 Å². The summed E-state index contributed by atoms with van der Waals surface area (Å²) in [5.74, 6) is -2.08. The fourth-order valence-corrected chi connectivity index (χ4v) is 4.06. The van der Waals surface area contributed by atoms with E-state index in [9.17, 15) is 23.9 Å². The number of carbonyl (C=O) groups is 2. The number of aromatic nitrogens is 1. The Morgan fingerprint density at radius 2 is 2.06 bits per heavy atom. The van der Waals surface area contributed by atoms with E-state index in [1.807, 2.05) is 0 Å². The van der Waals surface area contributed by atoms with Crippen LogP contribution in [0.5, 0.6) is 5.75 Å². The molecule has 1 heterocycles. The lowest BCUT2D eigenvalue weighted by molar-refractivity contribution is 0.0501. The molecule has 0 radical (unpaired) electrons. The highest BCUT2D eigenvalue weighted by Gasteiger charge is 2.31. The largest absolute Gasteiger partial charge is 0.503 e. The van der Waals surface area contributed by atoms with E-state index < -0.39 is 34.4 Å². The van der Waals surface area contributed by atoms with E-state index >= 15 is 0 Å². The SMILES string of the molecule is COCC1CC(CN(C)C(=O)c2[nH]cc(C(=O)NCc3cccc(Cl)c3F)c(=O)c2O)C1. The summed E-state index contributed by atoms with van der Waals surface area (Å²) in [6.07, 6.45) is 2.95. The molecule has 1 aromatic carbocycles. The zero-order valence-corrected chi connectivity index (χ0v) is 18.5. The molecule has 3 N–H and O–H groups in total. The second-order valence-corrected chi connectivity index (χ2v) is 8.40. The molecule has 2 amide bonds. The lowest BCUT2D eigenvalue weighted by atomic mass is 9.75. The molecule has 1 aliphatic carbocycles. The number of hydrogen-bond acceptors (Lipinski definition) is 5. The topological polar surface area (TPSA) is 112 Å². The van der Waals surface area contributed by atoms with Crippen molar-refractivity contribution in [3.8, 4) is 5.75 Å². The maximum atomic E-state index is 14.0. The highest BCUT2D eigenvalue weighted by Crippen LogP contribution is 2.34. The van der Waals surface area contributed by atoms with E-state index in [-0.39, 0.29) is 22.8 Å². The van der Waals surface area contributed by atoms with Crippen molar-refractivity contribution in [1.29, 1.82) is 0 Å². The molecule has 10 heteroatoms. The third kappa shape index (κ3) is 5.11. The van der Waals surface area contributed by atoms with Gasteiger partial charge < -0.3 is 25.0 Å². The van der Waals surface area contributed by atoms with E-state index in [0.717, 1.165) is 19.0 Å². The average Bonchev–Trinajstić information content (AvgIpc) is 2.74. The number of pyridine rings is 1. The van der Waals surface area contributed by atoms with Crippen LogP contribution in [0.2, 0.25) is 5.02 Å². The molecule has 172 valence electrons. The fourth-order valence-electron chi connectivity index (χ4n) is 3.86. The lowest BCUT2D eigenvalue weighted by Crippen LogP contribution is -2.39. The van der Waals surface area contributed by atoms with E-state index in [0.29, 0.717) is 25.0 Å². The van der Waals surface area contributed by atoms with Crippen molar-refractivity contribution in [1.82, 2.24) is 15.2 Å². The van der Waals surface area contributed by atoms with Gasteiger partial charge in [0.15, 0.2) is 11.4 Å². The van der Waals surface area contributed by atoms with Gasteiger partial charge in [-0.3, -0.25) is 14.4 Å². The first-order valence-corrected chi connectivity index (χ1v) is 10.5. The molecular formula is C22H25ClFN3O5. The number of ether oxygens (including phenoxy) is 1. The van der Waals surface area contributed by atoms with Crippen LogP contribution in [0.25, 0.3) is 0 Å². The zero-order chi connectivity index (χ0) is 23.4. The van der Waals surface area contributed by atoms with Gasteiger partial charge in [0.25, 0.3) is 11.8 Å². The molecule has 8 nitrogen and oxygen atoms in total. The number of nitrogens with zero attached hydrogens (tertiary/aromatic N) is 1. The standard InChI is InChI=1S/C22H25ClFN3O5/c1-27(10-12-6-13(7-12)11-32-2)22(31)18-20(29)19(28)15(9-25-18)21(30)26-8-14-4-3-5-16(23)17(14)24/h3-5,9,12-13,29H,6-8,10-11H2,1-2H3,(H,25,28)(H,26,30). The van der Waals surface area contributed by atoms with Crippen LogP contribution in [0, 0.1) is 17.7 Å². The quantitative estimate of drug-likeness (QED) is 0.554. The molecule has 1 aliphatic rings. The summed E-state index contributed by atoms with van der Waals surface area (Å²) in [5, 5.41) is 12.6. The first-order valence-electron chi connectivity index (χ1n) is 10.1. The Hall–Kier alpha value is -2.91. The molecule has 32 heavy (non-hydrogen) atoms. The van der Waals surface area contributed by atoms with E-state index in [4.69, 9.17) is 16.3 Å². The smallest absolute Gasteiger partial charge is 0.274 e. The van der Waals surface area contributed by atoms with Gasteiger partial charge in [0, 0.05) is 45.6 Å². The molecule has 0 aliphatic heterocycles. The molecule has 0 unspecified atom stereocenters. The normalized spacial score (nSPS) is 17.5. The zero-order valence-electron chi connectivity index (χ0n) is 17.8. The minimum absolute atomic E-state index is 0.0876. The van der Waals surface area contributed by atoms with E-state index in [1.165, 1.54) is 23.1 Å². The van der Waals surface area contributed by atoms with Crippen LogP contribution in [-0.2, 0) is 11.3 Å². The third-order valence-electron chi connectivity index (χ3n) is 5.60. The molecule has 1 saturated carbocycles. The summed E-state index contributed by atoms with van der Waals surface area (Å²) in [6, 6.07) is 4.35. The monoisotopic (exact) mass is 465 g/mol. The Bertz CT molecular complexity index is 1070. The van der Waals surface area contributed by atoms with Crippen LogP contribution >= 0.6 is 11.6 Å². The summed E-state index contributed by atoms with van der Waals surface area (Å²) in [6.45, 7) is 0.962. The Labute approximate surface area is 189 Å². The summed E-state index contributed by atoms with van der Waals surface area (Å²) in [4.78, 5) is 41.5. The molecule has 1 aromatic heterocycles. The number of nitrogens with one attached hydrogen (secondary N) is 2. The molecule has 0 spiro atoms. The average molecular weight is 466 g/mol. The number of carbonyl (C=O) groups excluding carboxylic acids is 2. The maximum Gasteiger partial charge on any atom is 0.274 e. The minimum atomic E-state index is -0.992. The fraction of sp³-hybridized carbons (Fsp3) is 0.409. The van der Waals surface area contributed by atoms with Gasteiger partial charge in [0.1, 0.15) is 11.4 Å². The van der Waals surface area contributed by atoms with E-state index in [2.05, 4.69) is 10.3 Å². The Morgan fingerprint density at radius 3 is 2.75 bits per heavy atom. The van der Waals surface area contributed by atoms with Gasteiger partial charge in [-0.25, -0.2) is 4.39 Å². The number of aromatic amines is 1. The van der Waals surface area contributed by atoms with Gasteiger partial charge in [0.05, 0.1) is 5.02 Å². The van der Waals surface area contributed by atoms with Crippen LogP contribution < -0.4 is 10.7 Å². The third-order valence-corrected chi connectivity index (χ3v) is 5.89. The second kappa shape index (κ2) is 10.1. The minimum Gasteiger partial charge on any atom is -0.503 e. The first kappa shape index (κ1) is 23.7. The molecule has 3 rings (SSSR count). The van der Waals surface area contributed by atoms with Crippen molar-refractivity contribution < 1.29 is 23.8 Å². The van der Waals surface area contributed by atoms with Crippen LogP contribution in [0.15, 0.2) is 29.2 Å².